The van der Waals surface area contributed by atoms with E-state index in [0.29, 0.717) is 11.4 Å². The molecule has 0 atom stereocenters. The standard InChI is InChI=1S/C14H22N2O2/c1-9-7-10(2)12(18-6)11(8-9)15-13(17)16-14(3,4)5/h7-8H,1-6H3,(H2,15,16,17). The van der Waals surface area contributed by atoms with Crippen molar-refractivity contribution in [3.8, 4) is 5.75 Å². The molecule has 18 heavy (non-hydrogen) atoms. The number of rotatable bonds is 2. The normalized spacial score (nSPS) is 11.0. The van der Waals surface area contributed by atoms with Crippen LogP contribution >= 0.6 is 0 Å². The van der Waals surface area contributed by atoms with Crippen molar-refractivity contribution in [3.63, 3.8) is 0 Å². The van der Waals surface area contributed by atoms with Crippen molar-refractivity contribution in [3.05, 3.63) is 23.3 Å². The van der Waals surface area contributed by atoms with E-state index < -0.39 is 0 Å². The summed E-state index contributed by atoms with van der Waals surface area (Å²) < 4.78 is 5.32. The molecule has 2 N–H and O–H groups in total. The van der Waals surface area contributed by atoms with Gasteiger partial charge in [0.1, 0.15) is 5.75 Å². The Hall–Kier alpha value is -1.71. The van der Waals surface area contributed by atoms with E-state index in [1.807, 2.05) is 46.8 Å². The second-order valence-electron chi connectivity index (χ2n) is 5.49. The Balaban J connectivity index is 2.93. The Kier molecular flexibility index (Phi) is 4.22. The zero-order chi connectivity index (χ0) is 13.9. The first-order valence-electron chi connectivity index (χ1n) is 5.97. The zero-order valence-electron chi connectivity index (χ0n) is 12.0. The quantitative estimate of drug-likeness (QED) is 0.846. The molecule has 1 aromatic carbocycles. The first-order chi connectivity index (χ1) is 8.23. The maximum Gasteiger partial charge on any atom is 0.319 e. The zero-order valence-corrected chi connectivity index (χ0v) is 12.0. The van der Waals surface area contributed by atoms with Crippen LogP contribution in [0.2, 0.25) is 0 Å². The van der Waals surface area contributed by atoms with Crippen LogP contribution in [0.15, 0.2) is 12.1 Å². The fourth-order valence-corrected chi connectivity index (χ4v) is 1.81. The summed E-state index contributed by atoms with van der Waals surface area (Å²) in [5.41, 5.74) is 2.51. The molecule has 0 aliphatic carbocycles. The number of nitrogens with one attached hydrogen (secondary N) is 2. The molecule has 4 heteroatoms. The van der Waals surface area contributed by atoms with Gasteiger partial charge in [0, 0.05) is 5.54 Å². The van der Waals surface area contributed by atoms with Crippen LogP contribution in [0.3, 0.4) is 0 Å². The molecule has 0 aromatic heterocycles. The molecule has 0 saturated heterocycles. The molecule has 0 unspecified atom stereocenters. The summed E-state index contributed by atoms with van der Waals surface area (Å²) in [4.78, 5) is 11.8. The van der Waals surface area contributed by atoms with Gasteiger partial charge in [0.25, 0.3) is 0 Å². The van der Waals surface area contributed by atoms with Gasteiger partial charge in [-0.2, -0.15) is 0 Å². The number of anilines is 1. The highest BCUT2D eigenvalue weighted by atomic mass is 16.5. The first-order valence-corrected chi connectivity index (χ1v) is 5.97. The highest BCUT2D eigenvalue weighted by Gasteiger charge is 2.16. The highest BCUT2D eigenvalue weighted by Crippen LogP contribution is 2.29. The third kappa shape index (κ3) is 3.95. The van der Waals surface area contributed by atoms with Gasteiger partial charge < -0.3 is 15.4 Å². The maximum absolute atomic E-state index is 11.8. The second-order valence-corrected chi connectivity index (χ2v) is 5.49. The Morgan fingerprint density at radius 2 is 1.83 bits per heavy atom. The molecule has 0 spiro atoms. The van der Waals surface area contributed by atoms with Gasteiger partial charge in [0.15, 0.2) is 0 Å². The van der Waals surface area contributed by atoms with Crippen molar-refractivity contribution >= 4 is 11.7 Å². The fourth-order valence-electron chi connectivity index (χ4n) is 1.81. The molecule has 0 aliphatic heterocycles. The lowest BCUT2D eigenvalue weighted by Crippen LogP contribution is -2.43. The van der Waals surface area contributed by atoms with Crippen molar-refractivity contribution in [2.75, 3.05) is 12.4 Å². The summed E-state index contributed by atoms with van der Waals surface area (Å²) in [6.07, 6.45) is 0. The lowest BCUT2D eigenvalue weighted by Gasteiger charge is -2.21. The average Bonchev–Trinajstić information content (AvgIpc) is 2.13. The minimum absolute atomic E-state index is 0.231. The van der Waals surface area contributed by atoms with Crippen LogP contribution in [-0.4, -0.2) is 18.7 Å². The number of aryl methyl sites for hydroxylation is 2. The summed E-state index contributed by atoms with van der Waals surface area (Å²) in [6, 6.07) is 3.69. The van der Waals surface area contributed by atoms with E-state index in [9.17, 15) is 4.79 Å². The molecule has 2 amide bonds. The van der Waals surface area contributed by atoms with Crippen molar-refractivity contribution in [2.45, 2.75) is 40.2 Å². The second kappa shape index (κ2) is 5.29. The van der Waals surface area contributed by atoms with Gasteiger partial charge >= 0.3 is 6.03 Å². The van der Waals surface area contributed by atoms with Gasteiger partial charge in [-0.1, -0.05) is 6.07 Å². The van der Waals surface area contributed by atoms with Crippen LogP contribution < -0.4 is 15.4 Å². The summed E-state index contributed by atoms with van der Waals surface area (Å²) in [6.45, 7) is 9.75. The Labute approximate surface area is 109 Å². The molecule has 0 aliphatic rings. The van der Waals surface area contributed by atoms with E-state index in [0.717, 1.165) is 11.1 Å². The number of hydrogen-bond acceptors (Lipinski definition) is 2. The molecule has 0 heterocycles. The van der Waals surface area contributed by atoms with Crippen LogP contribution in [0.5, 0.6) is 5.75 Å². The van der Waals surface area contributed by atoms with E-state index in [2.05, 4.69) is 10.6 Å². The Bertz CT molecular complexity index is 448. The van der Waals surface area contributed by atoms with Crippen LogP contribution in [0.4, 0.5) is 10.5 Å². The fraction of sp³-hybridized carbons (Fsp3) is 0.500. The van der Waals surface area contributed by atoms with E-state index in [4.69, 9.17) is 4.74 Å². The van der Waals surface area contributed by atoms with Gasteiger partial charge in [0.2, 0.25) is 0 Å². The van der Waals surface area contributed by atoms with Gasteiger partial charge in [-0.25, -0.2) is 4.79 Å². The predicted molar refractivity (Wildman–Crippen MR) is 74.4 cm³/mol. The molecule has 4 nitrogen and oxygen atoms in total. The number of carbonyl (C=O) groups excluding carboxylic acids is 1. The largest absolute Gasteiger partial charge is 0.494 e. The third-order valence-corrected chi connectivity index (χ3v) is 2.36. The van der Waals surface area contributed by atoms with Crippen molar-refractivity contribution in [1.29, 1.82) is 0 Å². The number of ether oxygens (including phenoxy) is 1. The minimum Gasteiger partial charge on any atom is -0.494 e. The molecule has 1 rings (SSSR count). The summed E-state index contributed by atoms with van der Waals surface area (Å²) in [5, 5.41) is 5.68. The van der Waals surface area contributed by atoms with E-state index in [1.165, 1.54) is 0 Å². The molecule has 0 saturated carbocycles. The van der Waals surface area contributed by atoms with E-state index >= 15 is 0 Å². The van der Waals surface area contributed by atoms with Crippen LogP contribution in [0, 0.1) is 13.8 Å². The SMILES string of the molecule is COc1c(C)cc(C)cc1NC(=O)NC(C)(C)C. The number of carbonyl (C=O) groups is 1. The Morgan fingerprint density at radius 1 is 1.22 bits per heavy atom. The molecule has 0 radical (unpaired) electrons. The maximum atomic E-state index is 11.8. The molecule has 100 valence electrons. The lowest BCUT2D eigenvalue weighted by atomic mass is 10.1. The minimum atomic E-state index is -0.268. The summed E-state index contributed by atoms with van der Waals surface area (Å²) >= 11 is 0. The molecular weight excluding hydrogens is 228 g/mol. The highest BCUT2D eigenvalue weighted by molar-refractivity contribution is 5.91. The topological polar surface area (TPSA) is 50.4 Å². The molecule has 1 aromatic rings. The van der Waals surface area contributed by atoms with E-state index in [1.54, 1.807) is 7.11 Å². The van der Waals surface area contributed by atoms with Crippen molar-refractivity contribution in [2.24, 2.45) is 0 Å². The smallest absolute Gasteiger partial charge is 0.319 e. The van der Waals surface area contributed by atoms with Crippen molar-refractivity contribution < 1.29 is 9.53 Å². The van der Waals surface area contributed by atoms with Gasteiger partial charge in [-0.05, 0) is 51.8 Å². The van der Waals surface area contributed by atoms with Gasteiger partial charge in [0.05, 0.1) is 12.8 Å². The van der Waals surface area contributed by atoms with Crippen LogP contribution in [0.1, 0.15) is 31.9 Å². The molecule has 0 bridgehead atoms. The monoisotopic (exact) mass is 250 g/mol. The number of amides is 2. The molecule has 0 fully saturated rings. The first kappa shape index (κ1) is 14.4. The lowest BCUT2D eigenvalue weighted by molar-refractivity contribution is 0.243. The van der Waals surface area contributed by atoms with Crippen molar-refractivity contribution in [1.82, 2.24) is 5.32 Å². The number of hydrogen-bond donors (Lipinski definition) is 2. The number of benzene rings is 1. The predicted octanol–water partition coefficient (Wildman–Crippen LogP) is 3.23. The Morgan fingerprint density at radius 3 is 2.33 bits per heavy atom. The van der Waals surface area contributed by atoms with Gasteiger partial charge in [-0.3, -0.25) is 0 Å². The van der Waals surface area contributed by atoms with Crippen LogP contribution in [-0.2, 0) is 0 Å². The van der Waals surface area contributed by atoms with Gasteiger partial charge in [-0.15, -0.1) is 0 Å². The average molecular weight is 250 g/mol. The van der Waals surface area contributed by atoms with E-state index in [-0.39, 0.29) is 11.6 Å². The molecular formula is C14H22N2O2. The summed E-state index contributed by atoms with van der Waals surface area (Å²) in [7, 11) is 1.60. The number of methoxy groups -OCH3 is 1. The third-order valence-electron chi connectivity index (χ3n) is 2.36. The number of urea groups is 1. The summed E-state index contributed by atoms with van der Waals surface area (Å²) in [5.74, 6) is 0.699. The van der Waals surface area contributed by atoms with Crippen LogP contribution in [0.25, 0.3) is 0 Å².